The summed E-state index contributed by atoms with van der Waals surface area (Å²) in [7, 11) is 0. The Hall–Kier alpha value is -1.06. The molecule has 0 aromatic carbocycles. The van der Waals surface area contributed by atoms with Crippen molar-refractivity contribution >= 4 is 11.9 Å². The van der Waals surface area contributed by atoms with Gasteiger partial charge in [-0.25, -0.2) is 0 Å². The zero-order valence-corrected chi connectivity index (χ0v) is 10.8. The van der Waals surface area contributed by atoms with Crippen molar-refractivity contribution < 1.29 is 14.7 Å². The molecule has 0 aromatic heterocycles. The molecule has 2 aliphatic rings. The van der Waals surface area contributed by atoms with E-state index < -0.39 is 5.97 Å². The van der Waals surface area contributed by atoms with E-state index in [1.165, 1.54) is 0 Å². The molecule has 1 saturated carbocycles. The molecule has 1 unspecified atom stereocenters. The molecule has 17 heavy (non-hydrogen) atoms. The number of rotatable bonds is 1. The maximum absolute atomic E-state index is 12.1. The van der Waals surface area contributed by atoms with Crippen molar-refractivity contribution in [2.75, 3.05) is 13.1 Å². The summed E-state index contributed by atoms with van der Waals surface area (Å²) in [6.45, 7) is 7.23. The molecule has 2 fully saturated rings. The topological polar surface area (TPSA) is 57.6 Å². The highest BCUT2D eigenvalue weighted by atomic mass is 16.4. The number of nitrogens with zero attached hydrogens (tertiary/aromatic N) is 1. The Kier molecular flexibility index (Phi) is 2.71. The van der Waals surface area contributed by atoms with Crippen molar-refractivity contribution in [1.29, 1.82) is 0 Å². The number of hydrogen-bond donors (Lipinski definition) is 1. The smallest absolute Gasteiger partial charge is 0.307 e. The molecule has 4 nitrogen and oxygen atoms in total. The third-order valence-electron chi connectivity index (χ3n) is 4.18. The summed E-state index contributed by atoms with van der Waals surface area (Å²) < 4.78 is 0. The molecule has 1 saturated heterocycles. The van der Waals surface area contributed by atoms with Crippen LogP contribution in [0.15, 0.2) is 0 Å². The Morgan fingerprint density at radius 1 is 1.24 bits per heavy atom. The van der Waals surface area contributed by atoms with Crippen LogP contribution in [-0.2, 0) is 9.59 Å². The first-order valence-corrected chi connectivity index (χ1v) is 6.28. The van der Waals surface area contributed by atoms with E-state index in [-0.39, 0.29) is 22.7 Å². The van der Waals surface area contributed by atoms with Crippen molar-refractivity contribution in [2.24, 2.45) is 16.7 Å². The molecule has 1 spiro atoms. The highest BCUT2D eigenvalue weighted by molar-refractivity contribution is 5.81. The lowest BCUT2D eigenvalue weighted by Gasteiger charge is -2.36. The molecule has 1 atom stereocenters. The van der Waals surface area contributed by atoms with Crippen molar-refractivity contribution in [3.05, 3.63) is 0 Å². The number of likely N-dealkylation sites (tertiary alicyclic amines) is 1. The van der Waals surface area contributed by atoms with Gasteiger partial charge in [-0.1, -0.05) is 20.8 Å². The normalized spacial score (nSPS) is 27.0. The van der Waals surface area contributed by atoms with Crippen molar-refractivity contribution in [3.63, 3.8) is 0 Å². The van der Waals surface area contributed by atoms with E-state index in [0.717, 1.165) is 32.4 Å². The molecule has 1 aliphatic carbocycles. The second kappa shape index (κ2) is 3.72. The Morgan fingerprint density at radius 2 is 1.76 bits per heavy atom. The first-order valence-electron chi connectivity index (χ1n) is 6.28. The lowest BCUT2D eigenvalue weighted by atomic mass is 9.88. The van der Waals surface area contributed by atoms with E-state index in [1.807, 2.05) is 25.7 Å². The minimum absolute atomic E-state index is 0.0144. The van der Waals surface area contributed by atoms with E-state index in [4.69, 9.17) is 5.11 Å². The fraction of sp³-hybridized carbons (Fsp3) is 0.846. The molecule has 0 bridgehead atoms. The molecule has 2 rings (SSSR count). The monoisotopic (exact) mass is 239 g/mol. The van der Waals surface area contributed by atoms with Crippen LogP contribution in [0, 0.1) is 16.7 Å². The fourth-order valence-corrected chi connectivity index (χ4v) is 2.88. The number of hydrogen-bond acceptors (Lipinski definition) is 2. The van der Waals surface area contributed by atoms with Crippen LogP contribution in [0.4, 0.5) is 0 Å². The highest BCUT2D eigenvalue weighted by Gasteiger charge is 2.59. The summed E-state index contributed by atoms with van der Waals surface area (Å²) in [5, 5.41) is 8.99. The first-order chi connectivity index (χ1) is 7.76. The van der Waals surface area contributed by atoms with Gasteiger partial charge < -0.3 is 10.0 Å². The molecule has 0 radical (unpaired) electrons. The van der Waals surface area contributed by atoms with Gasteiger partial charge in [-0.3, -0.25) is 9.59 Å². The number of carboxylic acids is 1. The van der Waals surface area contributed by atoms with E-state index in [0.29, 0.717) is 0 Å². The van der Waals surface area contributed by atoms with Crippen LogP contribution < -0.4 is 0 Å². The summed E-state index contributed by atoms with van der Waals surface area (Å²) in [4.78, 5) is 24.9. The highest BCUT2D eigenvalue weighted by Crippen LogP contribution is 2.59. The van der Waals surface area contributed by atoms with Gasteiger partial charge in [0, 0.05) is 18.5 Å². The number of piperidine rings is 1. The average molecular weight is 239 g/mol. The van der Waals surface area contributed by atoms with Crippen molar-refractivity contribution in [1.82, 2.24) is 4.90 Å². The molecule has 1 heterocycles. The zero-order valence-electron chi connectivity index (χ0n) is 10.8. The maximum Gasteiger partial charge on any atom is 0.307 e. The Bertz CT molecular complexity index is 348. The SMILES string of the molecule is CC(C)(C)C(=O)N1CCC2(CC1)CC2C(=O)O. The molecular formula is C13H21NO3. The van der Waals surface area contributed by atoms with Crippen LogP contribution in [0.5, 0.6) is 0 Å². The zero-order chi connectivity index (χ0) is 12.8. The second-order valence-corrected chi connectivity index (χ2v) is 6.50. The maximum atomic E-state index is 12.1. The quantitative estimate of drug-likeness (QED) is 0.758. The van der Waals surface area contributed by atoms with E-state index in [9.17, 15) is 9.59 Å². The lowest BCUT2D eigenvalue weighted by Crippen LogP contribution is -2.45. The summed E-state index contributed by atoms with van der Waals surface area (Å²) in [6.07, 6.45) is 2.51. The molecule has 1 N–H and O–H groups in total. The summed E-state index contributed by atoms with van der Waals surface area (Å²) in [6, 6.07) is 0. The predicted octanol–water partition coefficient (Wildman–Crippen LogP) is 1.75. The molecule has 4 heteroatoms. The summed E-state index contributed by atoms with van der Waals surface area (Å²) in [5.74, 6) is -0.644. The predicted molar refractivity (Wildman–Crippen MR) is 63.4 cm³/mol. The molecule has 96 valence electrons. The molecular weight excluding hydrogens is 218 g/mol. The van der Waals surface area contributed by atoms with Crippen LogP contribution in [-0.4, -0.2) is 35.0 Å². The van der Waals surface area contributed by atoms with Gasteiger partial charge in [0.1, 0.15) is 0 Å². The minimum atomic E-state index is -0.666. The first kappa shape index (κ1) is 12.4. The Morgan fingerprint density at radius 3 is 2.12 bits per heavy atom. The number of aliphatic carboxylic acids is 1. The third kappa shape index (κ3) is 2.17. The standard InChI is InChI=1S/C13H21NO3/c1-12(2,3)11(17)14-6-4-13(5-7-14)8-9(13)10(15)16/h9H,4-8H2,1-3H3,(H,15,16). The van der Waals surface area contributed by atoms with Gasteiger partial charge in [0.25, 0.3) is 0 Å². The van der Waals surface area contributed by atoms with E-state index in [1.54, 1.807) is 0 Å². The van der Waals surface area contributed by atoms with Crippen LogP contribution >= 0.6 is 0 Å². The van der Waals surface area contributed by atoms with Crippen LogP contribution in [0.25, 0.3) is 0 Å². The fourth-order valence-electron chi connectivity index (χ4n) is 2.88. The lowest BCUT2D eigenvalue weighted by molar-refractivity contribution is -0.142. The van der Waals surface area contributed by atoms with Crippen LogP contribution in [0.1, 0.15) is 40.0 Å². The molecule has 1 amide bonds. The van der Waals surface area contributed by atoms with Crippen molar-refractivity contribution in [2.45, 2.75) is 40.0 Å². The number of carboxylic acid groups (broad SMARTS) is 1. The third-order valence-corrected chi connectivity index (χ3v) is 4.18. The van der Waals surface area contributed by atoms with Gasteiger partial charge in [-0.05, 0) is 24.7 Å². The minimum Gasteiger partial charge on any atom is -0.481 e. The van der Waals surface area contributed by atoms with Gasteiger partial charge in [0.2, 0.25) is 5.91 Å². The summed E-state index contributed by atoms with van der Waals surface area (Å²) in [5.41, 5.74) is -0.319. The number of amides is 1. The molecule has 0 aromatic rings. The Labute approximate surface area is 102 Å². The Balaban J connectivity index is 1.92. The average Bonchev–Trinajstić information content (AvgIpc) is 2.92. The van der Waals surface area contributed by atoms with Gasteiger partial charge in [-0.15, -0.1) is 0 Å². The molecule has 1 aliphatic heterocycles. The van der Waals surface area contributed by atoms with Gasteiger partial charge in [-0.2, -0.15) is 0 Å². The number of carbonyl (C=O) groups is 2. The van der Waals surface area contributed by atoms with Crippen LogP contribution in [0.2, 0.25) is 0 Å². The largest absolute Gasteiger partial charge is 0.481 e. The second-order valence-electron chi connectivity index (χ2n) is 6.50. The van der Waals surface area contributed by atoms with Crippen LogP contribution in [0.3, 0.4) is 0 Å². The van der Waals surface area contributed by atoms with Gasteiger partial charge in [0.05, 0.1) is 5.92 Å². The summed E-state index contributed by atoms with van der Waals surface area (Å²) >= 11 is 0. The van der Waals surface area contributed by atoms with Gasteiger partial charge >= 0.3 is 5.97 Å². The van der Waals surface area contributed by atoms with Crippen molar-refractivity contribution in [3.8, 4) is 0 Å². The van der Waals surface area contributed by atoms with Gasteiger partial charge in [0.15, 0.2) is 0 Å². The number of carbonyl (C=O) groups excluding carboxylic acids is 1. The van der Waals surface area contributed by atoms with E-state index >= 15 is 0 Å². The van der Waals surface area contributed by atoms with E-state index in [2.05, 4.69) is 0 Å².